The highest BCUT2D eigenvalue weighted by Crippen LogP contribution is 2.52. The van der Waals surface area contributed by atoms with Crippen LogP contribution in [0.15, 0.2) is 200 Å². The molecule has 1 aliphatic carbocycles. The number of fused-ring (bicyclic) bond motifs is 9. The molecule has 1 aliphatic rings. The lowest BCUT2D eigenvalue weighted by molar-refractivity contribution is 1.07. The number of benzene rings is 9. The van der Waals surface area contributed by atoms with E-state index >= 15 is 0 Å². The largest absolute Gasteiger partial charge is 0.309 e. The molecule has 60 heavy (non-hydrogen) atoms. The van der Waals surface area contributed by atoms with Gasteiger partial charge in [-0.25, -0.2) is 15.0 Å². The number of hydrogen-bond acceptors (Lipinski definition) is 3. The Morgan fingerprint density at radius 1 is 0.300 bits per heavy atom. The van der Waals surface area contributed by atoms with Gasteiger partial charge in [-0.05, 0) is 76.0 Å². The molecule has 0 saturated heterocycles. The Labute approximate surface area is 345 Å². The molecule has 0 spiro atoms. The molecule has 12 aromatic rings. The molecule has 3 heterocycles. The minimum Gasteiger partial charge on any atom is -0.309 e. The molecule has 0 radical (unpaired) electrons. The molecule has 0 saturated carbocycles. The minimum atomic E-state index is 0.637. The predicted octanol–water partition coefficient (Wildman–Crippen LogP) is 13.9. The summed E-state index contributed by atoms with van der Waals surface area (Å²) in [6.07, 6.45) is 0. The molecular weight excluding hydrogens is 731 g/mol. The van der Waals surface area contributed by atoms with E-state index < -0.39 is 0 Å². The standard InChI is InChI=1S/C55H33N5/c1-4-16-35(17-5-1)53-56-54(36-18-6-2-7-19-36)58-55(57-53)46-31-38(30-45-41-26-14-20-34-21-15-27-42(51(34)41)52(45)46)60-48-29-13-11-25-40(48)44-32-43-39-24-10-12-28-47(39)59(49(43)33-50(44)60)37-22-8-3-9-23-37/h1-33H. The molecule has 0 N–H and O–H groups in total. The fourth-order valence-electron chi connectivity index (χ4n) is 9.70. The SMILES string of the molecule is c1ccc(-c2nc(-c3ccccc3)nc(-c3cc(-n4c5ccccc5c5cc6c7ccccc7n(-c7ccccc7)c6cc54)cc4c3-c3cccc5cccc-4c35)n2)cc1. The molecule has 13 rings (SSSR count). The molecule has 3 aromatic heterocycles. The topological polar surface area (TPSA) is 48.5 Å². The van der Waals surface area contributed by atoms with Gasteiger partial charge in [-0.3, -0.25) is 0 Å². The number of rotatable bonds is 5. The monoisotopic (exact) mass is 763 g/mol. The smallest absolute Gasteiger partial charge is 0.164 e. The Hall–Kier alpha value is -8.15. The summed E-state index contributed by atoms with van der Waals surface area (Å²) in [7, 11) is 0. The van der Waals surface area contributed by atoms with Crippen LogP contribution in [0, 0.1) is 0 Å². The van der Waals surface area contributed by atoms with Crippen LogP contribution in [0.5, 0.6) is 0 Å². The third-order valence-corrected chi connectivity index (χ3v) is 12.3. The lowest BCUT2D eigenvalue weighted by Crippen LogP contribution is -2.03. The molecule has 0 bridgehead atoms. The van der Waals surface area contributed by atoms with Crippen LogP contribution in [0.4, 0.5) is 0 Å². The van der Waals surface area contributed by atoms with Crippen LogP contribution in [0.2, 0.25) is 0 Å². The van der Waals surface area contributed by atoms with E-state index in [9.17, 15) is 0 Å². The molecule has 9 aromatic carbocycles. The maximum Gasteiger partial charge on any atom is 0.164 e. The van der Waals surface area contributed by atoms with Crippen LogP contribution in [0.25, 0.3) is 122 Å². The van der Waals surface area contributed by atoms with Gasteiger partial charge in [0.2, 0.25) is 0 Å². The van der Waals surface area contributed by atoms with E-state index in [1.54, 1.807) is 0 Å². The normalized spacial score (nSPS) is 12.0. The molecule has 5 heteroatoms. The summed E-state index contributed by atoms with van der Waals surface area (Å²) < 4.78 is 4.85. The van der Waals surface area contributed by atoms with Crippen molar-refractivity contribution < 1.29 is 0 Å². The molecule has 0 fully saturated rings. The quantitative estimate of drug-likeness (QED) is 0.175. The molecule has 278 valence electrons. The van der Waals surface area contributed by atoms with Crippen LogP contribution in [-0.4, -0.2) is 24.1 Å². The van der Waals surface area contributed by atoms with Crippen molar-refractivity contribution in [1.82, 2.24) is 24.1 Å². The van der Waals surface area contributed by atoms with Crippen molar-refractivity contribution in [3.05, 3.63) is 200 Å². The van der Waals surface area contributed by atoms with Gasteiger partial charge in [0, 0.05) is 55.2 Å². The van der Waals surface area contributed by atoms with E-state index in [2.05, 4.69) is 173 Å². The van der Waals surface area contributed by atoms with Crippen molar-refractivity contribution >= 4 is 54.4 Å². The van der Waals surface area contributed by atoms with Crippen molar-refractivity contribution in [3.63, 3.8) is 0 Å². The van der Waals surface area contributed by atoms with Crippen molar-refractivity contribution in [2.75, 3.05) is 0 Å². The molecule has 0 unspecified atom stereocenters. The zero-order valence-electron chi connectivity index (χ0n) is 32.3. The fourth-order valence-corrected chi connectivity index (χ4v) is 9.70. The fraction of sp³-hybridized carbons (Fsp3) is 0. The van der Waals surface area contributed by atoms with Gasteiger partial charge in [0.25, 0.3) is 0 Å². The number of nitrogens with zero attached hydrogens (tertiary/aromatic N) is 5. The highest BCUT2D eigenvalue weighted by molar-refractivity contribution is 6.21. The summed E-state index contributed by atoms with van der Waals surface area (Å²) in [5.74, 6) is 1.92. The van der Waals surface area contributed by atoms with E-state index in [1.807, 2.05) is 36.4 Å². The summed E-state index contributed by atoms with van der Waals surface area (Å²) >= 11 is 0. The predicted molar refractivity (Wildman–Crippen MR) is 247 cm³/mol. The average Bonchev–Trinajstić information content (AvgIpc) is 3.95. The second kappa shape index (κ2) is 12.7. The maximum atomic E-state index is 5.33. The number of para-hydroxylation sites is 3. The molecule has 5 nitrogen and oxygen atoms in total. The summed E-state index contributed by atoms with van der Waals surface area (Å²) in [5.41, 5.74) is 14.4. The number of hydrogen-bond donors (Lipinski definition) is 0. The van der Waals surface area contributed by atoms with Gasteiger partial charge in [-0.1, -0.05) is 152 Å². The Morgan fingerprint density at radius 3 is 1.42 bits per heavy atom. The number of aromatic nitrogens is 5. The first-order chi connectivity index (χ1) is 29.8. The second-order valence-corrected chi connectivity index (χ2v) is 15.6. The lowest BCUT2D eigenvalue weighted by atomic mass is 9.96. The van der Waals surface area contributed by atoms with Crippen LogP contribution >= 0.6 is 0 Å². The van der Waals surface area contributed by atoms with Crippen LogP contribution in [0.1, 0.15) is 0 Å². The van der Waals surface area contributed by atoms with E-state index in [4.69, 9.17) is 15.0 Å². The first-order valence-electron chi connectivity index (χ1n) is 20.4. The zero-order chi connectivity index (χ0) is 39.3. The molecule has 0 atom stereocenters. The average molecular weight is 764 g/mol. The van der Waals surface area contributed by atoms with Gasteiger partial charge in [-0.2, -0.15) is 0 Å². The van der Waals surface area contributed by atoms with Gasteiger partial charge >= 0.3 is 0 Å². The van der Waals surface area contributed by atoms with Crippen LogP contribution in [-0.2, 0) is 0 Å². The second-order valence-electron chi connectivity index (χ2n) is 15.6. The summed E-state index contributed by atoms with van der Waals surface area (Å²) in [6.45, 7) is 0. The van der Waals surface area contributed by atoms with Crippen molar-refractivity contribution in [2.24, 2.45) is 0 Å². The molecular formula is C55H33N5. The van der Waals surface area contributed by atoms with Crippen molar-refractivity contribution in [3.8, 4) is 67.8 Å². The van der Waals surface area contributed by atoms with Gasteiger partial charge in [0.05, 0.1) is 22.1 Å². The third-order valence-electron chi connectivity index (χ3n) is 12.3. The van der Waals surface area contributed by atoms with E-state index in [-0.39, 0.29) is 0 Å². The van der Waals surface area contributed by atoms with Gasteiger partial charge < -0.3 is 9.13 Å². The van der Waals surface area contributed by atoms with Gasteiger partial charge in [-0.15, -0.1) is 0 Å². The van der Waals surface area contributed by atoms with E-state index in [0.717, 1.165) is 50.2 Å². The Kier molecular flexibility index (Phi) is 6.95. The minimum absolute atomic E-state index is 0.637. The van der Waals surface area contributed by atoms with Crippen molar-refractivity contribution in [2.45, 2.75) is 0 Å². The molecule has 0 aliphatic heterocycles. The van der Waals surface area contributed by atoms with Gasteiger partial charge in [0.15, 0.2) is 17.5 Å². The third kappa shape index (κ3) is 4.77. The first kappa shape index (κ1) is 32.9. The van der Waals surface area contributed by atoms with E-state index in [0.29, 0.717) is 17.5 Å². The maximum absolute atomic E-state index is 5.33. The zero-order valence-corrected chi connectivity index (χ0v) is 32.3. The molecule has 0 amide bonds. The van der Waals surface area contributed by atoms with Crippen molar-refractivity contribution in [1.29, 1.82) is 0 Å². The summed E-state index contributed by atoms with van der Waals surface area (Å²) in [6, 6.07) is 71.5. The Morgan fingerprint density at radius 2 is 0.800 bits per heavy atom. The highest BCUT2D eigenvalue weighted by atomic mass is 15.0. The van der Waals surface area contributed by atoms with E-state index in [1.165, 1.54) is 54.5 Å². The van der Waals surface area contributed by atoms with Gasteiger partial charge in [0.1, 0.15) is 0 Å². The highest BCUT2D eigenvalue weighted by Gasteiger charge is 2.28. The summed E-state index contributed by atoms with van der Waals surface area (Å²) in [5, 5.41) is 7.35. The first-order valence-corrected chi connectivity index (χ1v) is 20.4. The van der Waals surface area contributed by atoms with Crippen LogP contribution in [0.3, 0.4) is 0 Å². The summed E-state index contributed by atoms with van der Waals surface area (Å²) in [4.78, 5) is 15.7. The Bertz CT molecular complexity index is 3630. The Balaban J connectivity index is 1.16. The lowest BCUT2D eigenvalue weighted by Gasteiger charge is -2.16. The van der Waals surface area contributed by atoms with Crippen LogP contribution < -0.4 is 0 Å².